The van der Waals surface area contributed by atoms with Crippen LogP contribution in [0, 0.1) is 0 Å². The van der Waals surface area contributed by atoms with E-state index in [9.17, 15) is 14.7 Å². The molecule has 1 aromatic rings. The van der Waals surface area contributed by atoms with Crippen LogP contribution in [0.2, 0.25) is 0 Å². The average molecular weight is 264 g/mol. The van der Waals surface area contributed by atoms with E-state index in [0.29, 0.717) is 17.9 Å². The summed E-state index contributed by atoms with van der Waals surface area (Å²) in [6, 6.07) is 4.26. The second-order valence-electron chi connectivity index (χ2n) is 4.58. The van der Waals surface area contributed by atoms with Gasteiger partial charge in [0.2, 0.25) is 18.1 Å². The van der Waals surface area contributed by atoms with Crippen molar-refractivity contribution in [2.75, 3.05) is 0 Å². The van der Waals surface area contributed by atoms with Crippen LogP contribution in [0.25, 0.3) is 0 Å². The van der Waals surface area contributed by atoms with Gasteiger partial charge >= 0.3 is 0 Å². The summed E-state index contributed by atoms with van der Waals surface area (Å²) in [5.74, 6) is -0.344. The number of amides is 2. The van der Waals surface area contributed by atoms with Gasteiger partial charge in [0.15, 0.2) is 0 Å². The zero-order valence-electron chi connectivity index (χ0n) is 10.8. The first-order chi connectivity index (χ1) is 8.90. The molecule has 3 N–H and O–H groups in total. The number of hydrogen-bond donors (Lipinski definition) is 2. The highest BCUT2D eigenvalue weighted by atomic mass is 16.6. The monoisotopic (exact) mass is 264 g/mol. The van der Waals surface area contributed by atoms with Crippen LogP contribution < -0.4 is 10.5 Å². The molecule has 19 heavy (non-hydrogen) atoms. The van der Waals surface area contributed by atoms with Crippen molar-refractivity contribution < 1.29 is 19.4 Å². The Labute approximate surface area is 110 Å². The van der Waals surface area contributed by atoms with Gasteiger partial charge in [-0.25, -0.2) is 0 Å². The Hall–Kier alpha value is -2.08. The molecule has 6 heteroatoms. The minimum absolute atomic E-state index is 0.151. The molecule has 0 aliphatic carbocycles. The second kappa shape index (κ2) is 4.89. The minimum atomic E-state index is -1.15. The molecular formula is C13H16N2O4. The lowest BCUT2D eigenvalue weighted by molar-refractivity contribution is -0.139. The number of aliphatic hydroxyl groups excluding tert-OH is 1. The molecule has 1 aliphatic rings. The fraction of sp³-hybridized carbons (Fsp3) is 0.385. The second-order valence-corrected chi connectivity index (χ2v) is 4.58. The van der Waals surface area contributed by atoms with E-state index in [-0.39, 0.29) is 5.91 Å². The summed E-state index contributed by atoms with van der Waals surface area (Å²) >= 11 is 0. The van der Waals surface area contributed by atoms with Crippen LogP contribution in [0.3, 0.4) is 0 Å². The largest absolute Gasteiger partial charge is 0.463 e. The molecule has 1 aliphatic heterocycles. The molecule has 0 aromatic heterocycles. The lowest BCUT2D eigenvalue weighted by Gasteiger charge is -2.27. The van der Waals surface area contributed by atoms with Gasteiger partial charge in [-0.2, -0.15) is 0 Å². The Bertz CT molecular complexity index is 529. The number of nitrogens with zero attached hydrogens (tertiary/aromatic N) is 1. The van der Waals surface area contributed by atoms with E-state index in [2.05, 4.69) is 0 Å². The topological polar surface area (TPSA) is 92.9 Å². The fourth-order valence-electron chi connectivity index (χ4n) is 2.06. The van der Waals surface area contributed by atoms with Crippen molar-refractivity contribution in [1.82, 2.24) is 4.90 Å². The summed E-state index contributed by atoms with van der Waals surface area (Å²) in [5.41, 5.74) is 6.23. The highest BCUT2D eigenvalue weighted by Crippen LogP contribution is 2.28. The molecule has 1 heterocycles. The molecule has 6 nitrogen and oxygen atoms in total. The third kappa shape index (κ3) is 2.53. The lowest BCUT2D eigenvalue weighted by atomic mass is 10.1. The van der Waals surface area contributed by atoms with Crippen LogP contribution in [0.5, 0.6) is 5.75 Å². The molecule has 0 radical (unpaired) electrons. The highest BCUT2D eigenvalue weighted by Gasteiger charge is 2.30. The van der Waals surface area contributed by atoms with E-state index in [1.807, 2.05) is 0 Å². The summed E-state index contributed by atoms with van der Waals surface area (Å²) < 4.78 is 5.39. The van der Waals surface area contributed by atoms with Gasteiger partial charge in [0.25, 0.3) is 0 Å². The third-order valence-electron chi connectivity index (χ3n) is 3.25. The standard InChI is InChI=1S/C13H16N2O4/c1-7-13(18)19-11-5-9(12(14)17)3-4-10(11)6-15(7)8(2)16/h3-5,7,13,18H,6H2,1-2H3,(H2,14,17)/t7-,13-/m0/s1. The Morgan fingerprint density at radius 3 is 2.74 bits per heavy atom. The molecule has 0 saturated carbocycles. The predicted molar refractivity (Wildman–Crippen MR) is 67.3 cm³/mol. The van der Waals surface area contributed by atoms with Gasteiger partial charge in [-0.3, -0.25) is 9.59 Å². The van der Waals surface area contributed by atoms with Crippen molar-refractivity contribution in [2.24, 2.45) is 5.73 Å². The van der Waals surface area contributed by atoms with E-state index >= 15 is 0 Å². The third-order valence-corrected chi connectivity index (χ3v) is 3.25. The van der Waals surface area contributed by atoms with E-state index in [0.717, 1.165) is 5.56 Å². The van der Waals surface area contributed by atoms with Crippen LogP contribution in [-0.2, 0) is 11.3 Å². The first-order valence-electron chi connectivity index (χ1n) is 5.95. The molecular weight excluding hydrogens is 248 g/mol. The van der Waals surface area contributed by atoms with E-state index in [4.69, 9.17) is 10.5 Å². The zero-order chi connectivity index (χ0) is 14.2. The van der Waals surface area contributed by atoms with E-state index in [1.54, 1.807) is 19.1 Å². The molecule has 0 saturated heterocycles. The summed E-state index contributed by atoms with van der Waals surface area (Å²) in [4.78, 5) is 24.2. The maximum Gasteiger partial charge on any atom is 0.248 e. The maximum atomic E-state index is 11.6. The smallest absolute Gasteiger partial charge is 0.248 e. The summed E-state index contributed by atoms with van der Waals surface area (Å²) in [6.45, 7) is 3.46. The van der Waals surface area contributed by atoms with E-state index in [1.165, 1.54) is 17.9 Å². The van der Waals surface area contributed by atoms with E-state index < -0.39 is 18.2 Å². The molecule has 0 bridgehead atoms. The van der Waals surface area contributed by atoms with Crippen LogP contribution in [-0.4, -0.2) is 34.2 Å². The SMILES string of the molecule is CC(=O)N1Cc2ccc(C(N)=O)cc2O[C@H](O)[C@@H]1C. The van der Waals surface area contributed by atoms with Crippen molar-refractivity contribution in [3.8, 4) is 5.75 Å². The highest BCUT2D eigenvalue weighted by molar-refractivity contribution is 5.93. The van der Waals surface area contributed by atoms with Crippen molar-refractivity contribution in [3.63, 3.8) is 0 Å². The molecule has 1 aromatic carbocycles. The molecule has 102 valence electrons. The van der Waals surface area contributed by atoms with Crippen LogP contribution in [0.15, 0.2) is 18.2 Å². The summed E-state index contributed by atoms with van der Waals surface area (Å²) in [7, 11) is 0. The van der Waals surface area contributed by atoms with Gasteiger partial charge in [0.05, 0.1) is 6.04 Å². The Morgan fingerprint density at radius 1 is 1.47 bits per heavy atom. The molecule has 2 atom stereocenters. The van der Waals surface area contributed by atoms with Gasteiger partial charge < -0.3 is 20.5 Å². The predicted octanol–water partition coefficient (Wildman–Crippen LogP) is 0.233. The Kier molecular flexibility index (Phi) is 3.44. The van der Waals surface area contributed by atoms with Crippen LogP contribution in [0.4, 0.5) is 0 Å². The summed E-state index contributed by atoms with van der Waals surface area (Å²) in [6.07, 6.45) is -1.15. The van der Waals surface area contributed by atoms with Crippen molar-refractivity contribution in [1.29, 1.82) is 0 Å². The normalized spacial score (nSPS) is 22.2. The maximum absolute atomic E-state index is 11.6. The average Bonchev–Trinajstić information content (AvgIpc) is 2.46. The quantitative estimate of drug-likeness (QED) is 0.759. The van der Waals surface area contributed by atoms with Gasteiger partial charge in [0, 0.05) is 24.6 Å². The zero-order valence-corrected chi connectivity index (χ0v) is 10.8. The lowest BCUT2D eigenvalue weighted by Crippen LogP contribution is -2.44. The number of benzene rings is 1. The number of nitrogens with two attached hydrogens (primary N) is 1. The molecule has 2 amide bonds. The van der Waals surface area contributed by atoms with Crippen molar-refractivity contribution in [3.05, 3.63) is 29.3 Å². The molecule has 0 fully saturated rings. The first-order valence-corrected chi connectivity index (χ1v) is 5.95. The Morgan fingerprint density at radius 2 is 2.16 bits per heavy atom. The van der Waals surface area contributed by atoms with Gasteiger partial charge in [-0.1, -0.05) is 6.07 Å². The molecule has 0 spiro atoms. The molecule has 2 rings (SSSR count). The van der Waals surface area contributed by atoms with Gasteiger partial charge in [-0.15, -0.1) is 0 Å². The Balaban J connectivity index is 2.42. The van der Waals surface area contributed by atoms with Crippen molar-refractivity contribution in [2.45, 2.75) is 32.7 Å². The van der Waals surface area contributed by atoms with Crippen LogP contribution >= 0.6 is 0 Å². The number of rotatable bonds is 1. The number of carbonyl (C=O) groups is 2. The molecule has 0 unspecified atom stereocenters. The minimum Gasteiger partial charge on any atom is -0.463 e. The number of primary amides is 1. The number of carbonyl (C=O) groups excluding carboxylic acids is 2. The van der Waals surface area contributed by atoms with Gasteiger partial charge in [-0.05, 0) is 19.1 Å². The fourth-order valence-corrected chi connectivity index (χ4v) is 2.06. The van der Waals surface area contributed by atoms with Crippen LogP contribution in [0.1, 0.15) is 29.8 Å². The van der Waals surface area contributed by atoms with Crippen molar-refractivity contribution >= 4 is 11.8 Å². The number of ether oxygens (including phenoxy) is 1. The number of hydrogen-bond acceptors (Lipinski definition) is 4. The van der Waals surface area contributed by atoms with Gasteiger partial charge in [0.1, 0.15) is 5.75 Å². The first kappa shape index (κ1) is 13.4. The number of aliphatic hydroxyl groups is 1. The number of fused-ring (bicyclic) bond motifs is 1. The summed E-state index contributed by atoms with van der Waals surface area (Å²) in [5, 5.41) is 9.92.